The van der Waals surface area contributed by atoms with Gasteiger partial charge in [0.15, 0.2) is 5.13 Å². The van der Waals surface area contributed by atoms with Gasteiger partial charge in [0.05, 0.1) is 16.8 Å². The predicted octanol–water partition coefficient (Wildman–Crippen LogP) is 2.80. The van der Waals surface area contributed by atoms with E-state index in [2.05, 4.69) is 9.72 Å². The molecule has 7 nitrogen and oxygen atoms in total. The Morgan fingerprint density at radius 2 is 1.92 bits per heavy atom. The van der Waals surface area contributed by atoms with Gasteiger partial charge in [0.2, 0.25) is 0 Å². The molecule has 2 aromatic rings. The quantitative estimate of drug-likeness (QED) is 0.606. The van der Waals surface area contributed by atoms with Crippen LogP contribution in [-0.2, 0) is 9.53 Å². The van der Waals surface area contributed by atoms with Crippen molar-refractivity contribution in [3.05, 3.63) is 24.3 Å². The number of nitrogens with one attached hydrogen (secondary N) is 2. The second-order valence-electron chi connectivity index (χ2n) is 5.40. The molecule has 0 aliphatic rings. The van der Waals surface area contributed by atoms with Crippen molar-refractivity contribution in [1.29, 1.82) is 0 Å². The lowest BCUT2D eigenvalue weighted by molar-refractivity contribution is -0.204. The first-order chi connectivity index (χ1) is 12.1. The molecule has 0 spiro atoms. The molecule has 0 fully saturated rings. The summed E-state index contributed by atoms with van der Waals surface area (Å²) >= 11 is 0.916. The van der Waals surface area contributed by atoms with Gasteiger partial charge < -0.3 is 15.0 Å². The number of rotatable bonds is 5. The van der Waals surface area contributed by atoms with E-state index < -0.39 is 23.8 Å². The van der Waals surface area contributed by atoms with Crippen LogP contribution >= 0.6 is 11.3 Å². The molecular weight excluding hydrogens is 373 g/mol. The van der Waals surface area contributed by atoms with Crippen molar-refractivity contribution in [2.24, 2.45) is 0 Å². The summed E-state index contributed by atoms with van der Waals surface area (Å²) in [7, 11) is 2.50. The van der Waals surface area contributed by atoms with E-state index in [9.17, 15) is 22.8 Å². The Hall–Kier alpha value is -2.56. The fraction of sp³-hybridized carbons (Fsp3) is 0.400. The maximum absolute atomic E-state index is 13.9. The van der Waals surface area contributed by atoms with Crippen molar-refractivity contribution in [3.8, 4) is 0 Å². The van der Waals surface area contributed by atoms with Crippen LogP contribution in [0.15, 0.2) is 24.3 Å². The highest BCUT2D eigenvalue weighted by Crippen LogP contribution is 2.35. The molecule has 0 aliphatic carbocycles. The summed E-state index contributed by atoms with van der Waals surface area (Å²) in [5, 5.41) is 3.55. The Balaban J connectivity index is 2.52. The van der Waals surface area contributed by atoms with Crippen LogP contribution < -0.4 is 10.6 Å². The highest BCUT2D eigenvalue weighted by atomic mass is 32.1. The van der Waals surface area contributed by atoms with Crippen LogP contribution in [0.5, 0.6) is 0 Å². The van der Waals surface area contributed by atoms with Gasteiger partial charge in [0.25, 0.3) is 0 Å². The third-order valence-corrected chi connectivity index (χ3v) is 4.25. The number of carbonyl (C=O) groups excluding carboxylic acids is 2. The molecular formula is C15H17F3N4O3S. The molecule has 1 atom stereocenters. The number of amides is 2. The number of ether oxygens (including phenoxy) is 1. The molecule has 0 saturated carbocycles. The molecule has 2 rings (SSSR count). The maximum Gasteiger partial charge on any atom is 0.442 e. The van der Waals surface area contributed by atoms with Gasteiger partial charge in [-0.2, -0.15) is 13.2 Å². The Morgan fingerprint density at radius 1 is 1.27 bits per heavy atom. The molecule has 1 aromatic heterocycles. The number of hydrogen-bond donors (Lipinski definition) is 2. The maximum atomic E-state index is 13.9. The number of benzene rings is 1. The van der Waals surface area contributed by atoms with E-state index in [0.717, 1.165) is 16.2 Å². The first-order valence-corrected chi connectivity index (χ1v) is 8.29. The molecule has 26 heavy (non-hydrogen) atoms. The number of alkyl halides is 3. The fourth-order valence-electron chi connectivity index (χ4n) is 1.99. The average molecular weight is 390 g/mol. The van der Waals surface area contributed by atoms with Crippen LogP contribution in [0, 0.1) is 0 Å². The number of aromatic nitrogens is 1. The van der Waals surface area contributed by atoms with Gasteiger partial charge in [-0.25, -0.2) is 14.6 Å². The smallest absolute Gasteiger partial charge is 0.442 e. The van der Waals surface area contributed by atoms with Gasteiger partial charge in [0, 0.05) is 14.1 Å². The van der Waals surface area contributed by atoms with Gasteiger partial charge in [-0.15, -0.1) is 0 Å². The van der Waals surface area contributed by atoms with Crippen molar-refractivity contribution in [1.82, 2.24) is 15.2 Å². The lowest BCUT2D eigenvalue weighted by Crippen LogP contribution is -2.70. The van der Waals surface area contributed by atoms with Gasteiger partial charge in [-0.1, -0.05) is 23.5 Å². The molecule has 0 aliphatic heterocycles. The van der Waals surface area contributed by atoms with E-state index in [0.29, 0.717) is 10.2 Å². The standard InChI is InChI=1S/C15H17F3N4O3S/c1-4-25-11(23)14(15(16,17)18,21-13(24)22(2)3)20-12-19-9-7-5-6-8-10(9)26-12/h5-8H,4H2,1-3H3,(H,19,20)(H,21,24). The van der Waals surface area contributed by atoms with Crippen LogP contribution in [0.2, 0.25) is 0 Å². The molecule has 11 heteroatoms. The van der Waals surface area contributed by atoms with E-state index in [1.807, 2.05) is 5.32 Å². The van der Waals surface area contributed by atoms with Gasteiger partial charge in [0.1, 0.15) is 0 Å². The first-order valence-electron chi connectivity index (χ1n) is 7.48. The van der Waals surface area contributed by atoms with E-state index in [1.165, 1.54) is 21.0 Å². The zero-order valence-electron chi connectivity index (χ0n) is 14.2. The second kappa shape index (κ2) is 7.36. The van der Waals surface area contributed by atoms with E-state index in [4.69, 9.17) is 0 Å². The number of urea groups is 1. The lowest BCUT2D eigenvalue weighted by atomic mass is 10.1. The Labute approximate surface area is 151 Å². The minimum atomic E-state index is -5.19. The average Bonchev–Trinajstić information content (AvgIpc) is 2.95. The Bertz CT molecular complexity index is 776. The third kappa shape index (κ3) is 3.82. The number of fused-ring (bicyclic) bond motifs is 1. The van der Waals surface area contributed by atoms with Gasteiger partial charge >= 0.3 is 23.8 Å². The fourth-order valence-corrected chi connectivity index (χ4v) is 2.91. The number of thiazole rings is 1. The molecule has 142 valence electrons. The van der Waals surface area contributed by atoms with Crippen molar-refractivity contribution in [2.75, 3.05) is 26.0 Å². The minimum absolute atomic E-state index is 0.185. The van der Waals surface area contributed by atoms with Gasteiger partial charge in [-0.05, 0) is 19.1 Å². The van der Waals surface area contributed by atoms with Crippen LogP contribution in [-0.4, -0.2) is 54.4 Å². The molecule has 2 N–H and O–H groups in total. The van der Waals surface area contributed by atoms with E-state index in [1.54, 1.807) is 29.6 Å². The largest absolute Gasteiger partial charge is 0.463 e. The normalized spacial score (nSPS) is 13.8. The van der Waals surface area contributed by atoms with E-state index >= 15 is 0 Å². The van der Waals surface area contributed by atoms with E-state index in [-0.39, 0.29) is 11.7 Å². The minimum Gasteiger partial charge on any atom is -0.463 e. The Morgan fingerprint density at radius 3 is 2.46 bits per heavy atom. The number of hydrogen-bond acceptors (Lipinski definition) is 6. The summed E-state index contributed by atoms with van der Waals surface area (Å²) in [5.74, 6) is -1.68. The molecule has 0 bridgehead atoms. The second-order valence-corrected chi connectivity index (χ2v) is 6.44. The summed E-state index contributed by atoms with van der Waals surface area (Å²) in [4.78, 5) is 29.1. The molecule has 1 heterocycles. The van der Waals surface area contributed by atoms with Crippen LogP contribution in [0.4, 0.5) is 23.1 Å². The first kappa shape index (κ1) is 19.8. The SMILES string of the molecule is CCOC(=O)C(NC(=O)N(C)C)(Nc1nc2ccccc2s1)C(F)(F)F. The number of carbonyl (C=O) groups is 2. The Kier molecular flexibility index (Phi) is 5.59. The molecule has 0 radical (unpaired) electrons. The number of anilines is 1. The van der Waals surface area contributed by atoms with Gasteiger partial charge in [-0.3, -0.25) is 5.32 Å². The number of nitrogens with zero attached hydrogens (tertiary/aromatic N) is 2. The van der Waals surface area contributed by atoms with Crippen molar-refractivity contribution in [3.63, 3.8) is 0 Å². The summed E-state index contributed by atoms with van der Waals surface area (Å²) < 4.78 is 46.9. The van der Waals surface area contributed by atoms with Crippen molar-refractivity contribution < 1.29 is 27.5 Å². The number of halogens is 3. The molecule has 1 unspecified atom stereocenters. The highest BCUT2D eigenvalue weighted by Gasteiger charge is 2.64. The highest BCUT2D eigenvalue weighted by molar-refractivity contribution is 7.22. The predicted molar refractivity (Wildman–Crippen MR) is 90.9 cm³/mol. The molecule has 0 saturated heterocycles. The number of para-hydroxylation sites is 1. The zero-order valence-corrected chi connectivity index (χ0v) is 15.0. The monoisotopic (exact) mass is 390 g/mol. The third-order valence-electron chi connectivity index (χ3n) is 3.30. The van der Waals surface area contributed by atoms with Crippen LogP contribution in [0.1, 0.15) is 6.92 Å². The van der Waals surface area contributed by atoms with Crippen LogP contribution in [0.25, 0.3) is 10.2 Å². The molecule has 2 amide bonds. The van der Waals surface area contributed by atoms with Crippen molar-refractivity contribution in [2.45, 2.75) is 18.8 Å². The molecule has 1 aromatic carbocycles. The summed E-state index contributed by atoms with van der Waals surface area (Å²) in [6.45, 7) is 1.07. The number of esters is 1. The summed E-state index contributed by atoms with van der Waals surface area (Å²) in [6, 6.07) is 5.57. The summed E-state index contributed by atoms with van der Waals surface area (Å²) in [6.07, 6.45) is -5.19. The van der Waals surface area contributed by atoms with Crippen LogP contribution in [0.3, 0.4) is 0 Å². The van der Waals surface area contributed by atoms with Crippen molar-refractivity contribution >= 4 is 38.7 Å². The lowest BCUT2D eigenvalue weighted by Gasteiger charge is -2.35. The topological polar surface area (TPSA) is 83.6 Å². The summed E-state index contributed by atoms with van der Waals surface area (Å²) in [5.41, 5.74) is -3.02. The zero-order chi connectivity index (χ0) is 19.5.